The maximum Gasteiger partial charge on any atom is 0.315 e. The first-order valence-electron chi connectivity index (χ1n) is 8.85. The average Bonchev–Trinajstić information content (AvgIpc) is 3.13. The van der Waals surface area contributed by atoms with Crippen molar-refractivity contribution in [3.63, 3.8) is 0 Å². The minimum atomic E-state index is -0.610. The number of nitrogens with one attached hydrogen (secondary N) is 2. The van der Waals surface area contributed by atoms with E-state index in [1.807, 2.05) is 62.4 Å². The highest BCUT2D eigenvalue weighted by Crippen LogP contribution is 2.32. The summed E-state index contributed by atoms with van der Waals surface area (Å²) >= 11 is 0. The van der Waals surface area contributed by atoms with Gasteiger partial charge < -0.3 is 20.2 Å². The molecule has 0 aliphatic heterocycles. The van der Waals surface area contributed by atoms with Crippen molar-refractivity contribution in [3.05, 3.63) is 71.0 Å². The van der Waals surface area contributed by atoms with Crippen molar-refractivity contribution in [1.29, 1.82) is 0 Å². The van der Waals surface area contributed by atoms with Crippen LogP contribution in [0.15, 0.2) is 52.9 Å². The second kappa shape index (κ2) is 6.50. The zero-order valence-corrected chi connectivity index (χ0v) is 14.8. The van der Waals surface area contributed by atoms with Gasteiger partial charge in [-0.3, -0.25) is 0 Å². The number of benzene rings is 2. The van der Waals surface area contributed by atoms with Crippen LogP contribution in [0, 0.1) is 6.92 Å². The summed E-state index contributed by atoms with van der Waals surface area (Å²) in [6, 6.07) is 14.6. The lowest BCUT2D eigenvalue weighted by atomic mass is 10.1. The number of carbonyl (C=O) groups is 1. The first-order valence-corrected chi connectivity index (χ1v) is 8.85. The molecule has 0 fully saturated rings. The van der Waals surface area contributed by atoms with Crippen molar-refractivity contribution < 1.29 is 14.3 Å². The van der Waals surface area contributed by atoms with Gasteiger partial charge in [0.2, 0.25) is 0 Å². The number of aliphatic hydroxyl groups excluding tert-OH is 1. The van der Waals surface area contributed by atoms with Gasteiger partial charge in [-0.1, -0.05) is 42.5 Å². The number of aryl methyl sites for hydroxylation is 1. The quantitative estimate of drug-likeness (QED) is 0.673. The average molecular weight is 350 g/mol. The molecule has 0 saturated carbocycles. The molecule has 2 unspecified atom stereocenters. The number of urea groups is 1. The van der Waals surface area contributed by atoms with Gasteiger partial charge in [-0.15, -0.1) is 0 Å². The Morgan fingerprint density at radius 2 is 1.92 bits per heavy atom. The van der Waals surface area contributed by atoms with Gasteiger partial charge in [0, 0.05) is 17.4 Å². The van der Waals surface area contributed by atoms with Crippen LogP contribution >= 0.6 is 0 Å². The van der Waals surface area contributed by atoms with Crippen LogP contribution in [-0.2, 0) is 6.42 Å². The molecule has 2 amide bonds. The van der Waals surface area contributed by atoms with Gasteiger partial charge in [0.05, 0.1) is 18.2 Å². The lowest BCUT2D eigenvalue weighted by Crippen LogP contribution is -2.41. The summed E-state index contributed by atoms with van der Waals surface area (Å²) in [5, 5.41) is 17.2. The van der Waals surface area contributed by atoms with Crippen LogP contribution in [0.3, 0.4) is 0 Å². The SMILES string of the molecule is Cc1c([C@@H](C)NC(=O)NC2c3ccccc3CC2O)oc2ccccc12. The lowest BCUT2D eigenvalue weighted by molar-refractivity contribution is 0.141. The third-order valence-electron chi connectivity index (χ3n) is 5.11. The molecule has 1 aromatic heterocycles. The Morgan fingerprint density at radius 3 is 2.73 bits per heavy atom. The maximum absolute atomic E-state index is 12.5. The van der Waals surface area contributed by atoms with E-state index < -0.39 is 12.1 Å². The summed E-state index contributed by atoms with van der Waals surface area (Å²) in [7, 11) is 0. The summed E-state index contributed by atoms with van der Waals surface area (Å²) in [6.07, 6.45) is -0.0549. The number of hydrogen-bond donors (Lipinski definition) is 3. The van der Waals surface area contributed by atoms with Crippen LogP contribution in [-0.4, -0.2) is 17.2 Å². The maximum atomic E-state index is 12.5. The molecule has 5 nitrogen and oxygen atoms in total. The summed E-state index contributed by atoms with van der Waals surface area (Å²) < 4.78 is 5.92. The fraction of sp³-hybridized carbons (Fsp3) is 0.286. The number of furan rings is 1. The summed E-state index contributed by atoms with van der Waals surface area (Å²) in [4.78, 5) is 12.5. The number of para-hydroxylation sites is 1. The molecule has 1 heterocycles. The summed E-state index contributed by atoms with van der Waals surface area (Å²) in [6.45, 7) is 3.89. The number of aliphatic hydroxyl groups is 1. The van der Waals surface area contributed by atoms with E-state index in [9.17, 15) is 9.90 Å². The molecule has 0 bridgehead atoms. The predicted molar refractivity (Wildman–Crippen MR) is 99.9 cm³/mol. The van der Waals surface area contributed by atoms with E-state index in [1.165, 1.54) is 0 Å². The van der Waals surface area contributed by atoms with Gasteiger partial charge in [0.15, 0.2) is 0 Å². The standard InChI is InChI=1S/C21H22N2O3/c1-12-15-8-5-6-10-18(15)26-20(12)13(2)22-21(25)23-19-16-9-4-3-7-14(16)11-17(19)24/h3-10,13,17,19,24H,11H2,1-2H3,(H2,22,23,25)/t13-,17?,19?/m1/s1. The Bertz CT molecular complexity index is 963. The van der Waals surface area contributed by atoms with Crippen molar-refractivity contribution in [1.82, 2.24) is 10.6 Å². The highest BCUT2D eigenvalue weighted by atomic mass is 16.3. The van der Waals surface area contributed by atoms with Gasteiger partial charge in [0.1, 0.15) is 11.3 Å². The van der Waals surface area contributed by atoms with Crippen LogP contribution in [0.1, 0.15) is 41.5 Å². The predicted octanol–water partition coefficient (Wildman–Crippen LogP) is 3.76. The molecule has 0 spiro atoms. The molecule has 3 N–H and O–H groups in total. The minimum Gasteiger partial charge on any atom is -0.459 e. The third kappa shape index (κ3) is 2.84. The van der Waals surface area contributed by atoms with E-state index in [2.05, 4.69) is 10.6 Å². The second-order valence-corrected chi connectivity index (χ2v) is 6.87. The number of fused-ring (bicyclic) bond motifs is 2. The molecule has 0 radical (unpaired) electrons. The molecular formula is C21H22N2O3. The molecular weight excluding hydrogens is 328 g/mol. The highest BCUT2D eigenvalue weighted by Gasteiger charge is 2.32. The smallest absolute Gasteiger partial charge is 0.315 e. The van der Waals surface area contributed by atoms with Gasteiger partial charge in [-0.25, -0.2) is 4.79 Å². The molecule has 3 atom stereocenters. The zero-order chi connectivity index (χ0) is 18.3. The topological polar surface area (TPSA) is 74.5 Å². The lowest BCUT2D eigenvalue weighted by Gasteiger charge is -2.20. The zero-order valence-electron chi connectivity index (χ0n) is 14.8. The van der Waals surface area contributed by atoms with Crippen molar-refractivity contribution in [3.8, 4) is 0 Å². The fourth-order valence-electron chi connectivity index (χ4n) is 3.80. The number of amides is 2. The van der Waals surface area contributed by atoms with Crippen molar-refractivity contribution in [2.45, 2.75) is 38.5 Å². The van der Waals surface area contributed by atoms with E-state index >= 15 is 0 Å². The molecule has 5 heteroatoms. The van der Waals surface area contributed by atoms with Gasteiger partial charge in [-0.05, 0) is 31.0 Å². The number of hydrogen-bond acceptors (Lipinski definition) is 3. The van der Waals surface area contributed by atoms with Crippen molar-refractivity contribution >= 4 is 17.0 Å². The molecule has 0 saturated heterocycles. The first kappa shape index (κ1) is 16.7. The molecule has 2 aromatic carbocycles. The number of carbonyl (C=O) groups excluding carboxylic acids is 1. The van der Waals surface area contributed by atoms with E-state index in [-0.39, 0.29) is 12.1 Å². The molecule has 26 heavy (non-hydrogen) atoms. The fourth-order valence-corrected chi connectivity index (χ4v) is 3.80. The first-order chi connectivity index (χ1) is 12.5. The normalized spacial score (nSPS) is 20.0. The van der Waals surface area contributed by atoms with Crippen molar-refractivity contribution in [2.24, 2.45) is 0 Å². The van der Waals surface area contributed by atoms with Crippen LogP contribution in [0.2, 0.25) is 0 Å². The molecule has 4 rings (SSSR count). The van der Waals surface area contributed by atoms with Crippen molar-refractivity contribution in [2.75, 3.05) is 0 Å². The molecule has 1 aliphatic rings. The third-order valence-corrected chi connectivity index (χ3v) is 5.11. The molecule has 3 aromatic rings. The summed E-state index contributed by atoms with van der Waals surface area (Å²) in [5.74, 6) is 0.744. The largest absolute Gasteiger partial charge is 0.459 e. The van der Waals surface area contributed by atoms with E-state index in [0.29, 0.717) is 6.42 Å². The van der Waals surface area contributed by atoms with E-state index in [0.717, 1.165) is 33.4 Å². The van der Waals surface area contributed by atoms with Crippen LogP contribution in [0.4, 0.5) is 4.79 Å². The minimum absolute atomic E-state index is 0.281. The van der Waals surface area contributed by atoms with Gasteiger partial charge >= 0.3 is 6.03 Å². The number of rotatable bonds is 3. The van der Waals surface area contributed by atoms with E-state index in [1.54, 1.807) is 0 Å². The monoisotopic (exact) mass is 350 g/mol. The van der Waals surface area contributed by atoms with Crippen LogP contribution < -0.4 is 10.6 Å². The molecule has 1 aliphatic carbocycles. The van der Waals surface area contributed by atoms with Crippen LogP contribution in [0.5, 0.6) is 0 Å². The van der Waals surface area contributed by atoms with E-state index in [4.69, 9.17) is 4.42 Å². The van der Waals surface area contributed by atoms with Crippen LogP contribution in [0.25, 0.3) is 11.0 Å². The van der Waals surface area contributed by atoms with Gasteiger partial charge in [0.25, 0.3) is 0 Å². The highest BCUT2D eigenvalue weighted by molar-refractivity contribution is 5.82. The van der Waals surface area contributed by atoms with Gasteiger partial charge in [-0.2, -0.15) is 0 Å². The Kier molecular flexibility index (Phi) is 4.17. The summed E-state index contributed by atoms with van der Waals surface area (Å²) in [5.41, 5.74) is 3.89. The second-order valence-electron chi connectivity index (χ2n) is 6.87. The Hall–Kier alpha value is -2.79. The Labute approximate surface area is 152 Å². The Balaban J connectivity index is 1.49. The Morgan fingerprint density at radius 1 is 1.19 bits per heavy atom. The molecule has 134 valence electrons.